The zero-order valence-corrected chi connectivity index (χ0v) is 19.0. The van der Waals surface area contributed by atoms with Crippen LogP contribution in [0.25, 0.3) is 0 Å². The van der Waals surface area contributed by atoms with Crippen LogP contribution >= 0.6 is 43.2 Å². The van der Waals surface area contributed by atoms with Gasteiger partial charge in [-0.3, -0.25) is 4.79 Å². The van der Waals surface area contributed by atoms with E-state index in [1.54, 1.807) is 6.92 Å². The molecular weight excluding hydrogens is 498 g/mol. The van der Waals surface area contributed by atoms with Crippen LogP contribution in [0.1, 0.15) is 39.7 Å². The molecule has 1 aromatic heterocycles. The summed E-state index contributed by atoms with van der Waals surface area (Å²) >= 11 is 8.32. The van der Waals surface area contributed by atoms with E-state index in [0.717, 1.165) is 44.2 Å². The molecule has 1 aliphatic rings. The third-order valence-corrected chi connectivity index (χ3v) is 6.45. The number of halogens is 2. The SMILES string of the molecule is CCOC(=O)c1c(NC(=O)COc2c(C)cc(Br)cc2Br)sc2c1CCC2. The van der Waals surface area contributed by atoms with E-state index in [2.05, 4.69) is 37.2 Å². The molecule has 5 nitrogen and oxygen atoms in total. The van der Waals surface area contributed by atoms with Crippen molar-refractivity contribution in [3.8, 4) is 5.75 Å². The minimum Gasteiger partial charge on any atom is -0.482 e. The molecule has 0 saturated carbocycles. The molecule has 0 bridgehead atoms. The number of nitrogens with one attached hydrogen (secondary N) is 1. The Morgan fingerprint density at radius 2 is 2.04 bits per heavy atom. The molecule has 0 aliphatic heterocycles. The van der Waals surface area contributed by atoms with Crippen LogP contribution in [-0.2, 0) is 22.4 Å². The van der Waals surface area contributed by atoms with E-state index in [0.29, 0.717) is 22.9 Å². The van der Waals surface area contributed by atoms with Gasteiger partial charge in [0.2, 0.25) is 0 Å². The smallest absolute Gasteiger partial charge is 0.341 e. The van der Waals surface area contributed by atoms with Gasteiger partial charge < -0.3 is 14.8 Å². The summed E-state index contributed by atoms with van der Waals surface area (Å²) in [7, 11) is 0. The summed E-state index contributed by atoms with van der Waals surface area (Å²) in [6.45, 7) is 3.84. The number of anilines is 1. The normalized spacial score (nSPS) is 12.6. The molecule has 0 unspecified atom stereocenters. The number of thiophene rings is 1. The summed E-state index contributed by atoms with van der Waals surface area (Å²) in [5.41, 5.74) is 2.43. The Morgan fingerprint density at radius 1 is 1.26 bits per heavy atom. The van der Waals surface area contributed by atoms with Crippen molar-refractivity contribution in [2.45, 2.75) is 33.1 Å². The second-order valence-electron chi connectivity index (χ2n) is 6.15. The van der Waals surface area contributed by atoms with E-state index in [4.69, 9.17) is 9.47 Å². The maximum Gasteiger partial charge on any atom is 0.341 e. The third kappa shape index (κ3) is 4.55. The molecule has 1 aromatic carbocycles. The first kappa shape index (κ1) is 20.4. The maximum atomic E-state index is 12.4. The lowest BCUT2D eigenvalue weighted by Crippen LogP contribution is -2.21. The Labute approximate surface area is 178 Å². The van der Waals surface area contributed by atoms with Crippen molar-refractivity contribution in [3.63, 3.8) is 0 Å². The minimum absolute atomic E-state index is 0.147. The third-order valence-electron chi connectivity index (χ3n) is 4.20. The van der Waals surface area contributed by atoms with Gasteiger partial charge in [0.25, 0.3) is 5.91 Å². The summed E-state index contributed by atoms with van der Waals surface area (Å²) in [5, 5.41) is 3.38. The standard InChI is InChI=1S/C19H19Br2NO4S/c1-3-25-19(24)16-12-5-4-6-14(12)27-18(16)22-15(23)9-26-17-10(2)7-11(20)8-13(17)21/h7-8H,3-6,9H2,1-2H3,(H,22,23). The van der Waals surface area contributed by atoms with Gasteiger partial charge in [0.05, 0.1) is 16.6 Å². The van der Waals surface area contributed by atoms with E-state index < -0.39 is 0 Å². The Kier molecular flexibility index (Phi) is 6.60. The highest BCUT2D eigenvalue weighted by Gasteiger charge is 2.28. The zero-order valence-electron chi connectivity index (χ0n) is 15.0. The lowest BCUT2D eigenvalue weighted by molar-refractivity contribution is -0.118. The van der Waals surface area contributed by atoms with Gasteiger partial charge in [-0.2, -0.15) is 0 Å². The Hall–Kier alpha value is -1.38. The van der Waals surface area contributed by atoms with Gasteiger partial charge in [0, 0.05) is 9.35 Å². The first-order valence-electron chi connectivity index (χ1n) is 8.60. The fraction of sp³-hybridized carbons (Fsp3) is 0.368. The molecule has 1 aliphatic carbocycles. The van der Waals surface area contributed by atoms with Crippen LogP contribution in [0.4, 0.5) is 5.00 Å². The fourth-order valence-corrected chi connectivity index (χ4v) is 5.93. The van der Waals surface area contributed by atoms with Crippen LogP contribution < -0.4 is 10.1 Å². The highest BCUT2D eigenvalue weighted by molar-refractivity contribution is 9.11. The van der Waals surface area contributed by atoms with E-state index in [1.807, 2.05) is 19.1 Å². The number of fused-ring (bicyclic) bond motifs is 1. The number of ether oxygens (including phenoxy) is 2. The van der Waals surface area contributed by atoms with Gasteiger partial charge in [-0.05, 0) is 72.3 Å². The molecule has 0 radical (unpaired) electrons. The van der Waals surface area contributed by atoms with Crippen molar-refractivity contribution in [3.05, 3.63) is 42.6 Å². The van der Waals surface area contributed by atoms with E-state index in [1.165, 1.54) is 11.3 Å². The molecule has 2 aromatic rings. The van der Waals surface area contributed by atoms with E-state index in [-0.39, 0.29) is 18.5 Å². The topological polar surface area (TPSA) is 64.6 Å². The molecule has 8 heteroatoms. The summed E-state index contributed by atoms with van der Waals surface area (Å²) in [6, 6.07) is 3.78. The highest BCUT2D eigenvalue weighted by atomic mass is 79.9. The van der Waals surface area contributed by atoms with Gasteiger partial charge in [0.1, 0.15) is 10.8 Å². The molecular formula is C19H19Br2NO4S. The van der Waals surface area contributed by atoms with Gasteiger partial charge in [-0.15, -0.1) is 11.3 Å². The largest absolute Gasteiger partial charge is 0.482 e. The van der Waals surface area contributed by atoms with Crippen LogP contribution in [0, 0.1) is 6.92 Å². The predicted octanol–water partition coefficient (Wildman–Crippen LogP) is 5.26. The number of benzene rings is 1. The molecule has 1 heterocycles. The Bertz CT molecular complexity index is 871. The fourth-order valence-electron chi connectivity index (χ4n) is 3.08. The van der Waals surface area contributed by atoms with Crippen LogP contribution in [0.3, 0.4) is 0 Å². The van der Waals surface area contributed by atoms with Crippen LogP contribution in [0.5, 0.6) is 5.75 Å². The van der Waals surface area contributed by atoms with Crippen LogP contribution in [-0.4, -0.2) is 25.1 Å². The molecule has 1 amide bonds. The number of esters is 1. The number of carbonyl (C=O) groups is 2. The molecule has 144 valence electrons. The second kappa shape index (κ2) is 8.75. The molecule has 0 saturated heterocycles. The van der Waals surface area contributed by atoms with Crippen LogP contribution in [0.2, 0.25) is 0 Å². The average Bonchev–Trinajstić information content (AvgIpc) is 3.14. The lowest BCUT2D eigenvalue weighted by Gasteiger charge is -2.12. The van der Waals surface area contributed by atoms with Gasteiger partial charge in [0.15, 0.2) is 6.61 Å². The van der Waals surface area contributed by atoms with Crippen LogP contribution in [0.15, 0.2) is 21.1 Å². The minimum atomic E-state index is -0.375. The van der Waals surface area contributed by atoms with Crippen molar-refractivity contribution in [2.24, 2.45) is 0 Å². The van der Waals surface area contributed by atoms with E-state index in [9.17, 15) is 9.59 Å². The number of amides is 1. The number of rotatable bonds is 6. The number of hydrogen-bond donors (Lipinski definition) is 1. The molecule has 0 spiro atoms. The lowest BCUT2D eigenvalue weighted by atomic mass is 10.1. The monoisotopic (exact) mass is 515 g/mol. The number of hydrogen-bond acceptors (Lipinski definition) is 5. The highest BCUT2D eigenvalue weighted by Crippen LogP contribution is 2.39. The zero-order chi connectivity index (χ0) is 19.6. The number of aryl methyl sites for hydroxylation is 2. The maximum absolute atomic E-state index is 12.4. The predicted molar refractivity (Wildman–Crippen MR) is 113 cm³/mol. The van der Waals surface area contributed by atoms with Gasteiger partial charge in [-0.25, -0.2) is 4.79 Å². The molecule has 0 fully saturated rings. The van der Waals surface area contributed by atoms with Crippen molar-refractivity contribution in [1.29, 1.82) is 0 Å². The molecule has 0 atom stereocenters. The molecule has 27 heavy (non-hydrogen) atoms. The second-order valence-corrected chi connectivity index (χ2v) is 9.03. The van der Waals surface area contributed by atoms with Crippen molar-refractivity contribution in [1.82, 2.24) is 0 Å². The van der Waals surface area contributed by atoms with E-state index >= 15 is 0 Å². The Balaban J connectivity index is 1.73. The Morgan fingerprint density at radius 3 is 2.74 bits per heavy atom. The summed E-state index contributed by atoms with van der Waals surface area (Å²) in [4.78, 5) is 25.9. The van der Waals surface area contributed by atoms with Gasteiger partial charge in [-0.1, -0.05) is 15.9 Å². The van der Waals surface area contributed by atoms with Crippen molar-refractivity contribution in [2.75, 3.05) is 18.5 Å². The summed E-state index contributed by atoms with van der Waals surface area (Å²) < 4.78 is 12.6. The van der Waals surface area contributed by atoms with Crippen molar-refractivity contribution < 1.29 is 19.1 Å². The number of carbonyl (C=O) groups excluding carboxylic acids is 2. The quantitative estimate of drug-likeness (QED) is 0.531. The molecule has 1 N–H and O–H groups in total. The first-order valence-corrected chi connectivity index (χ1v) is 11.0. The average molecular weight is 517 g/mol. The first-order chi connectivity index (χ1) is 12.9. The van der Waals surface area contributed by atoms with Crippen molar-refractivity contribution >= 4 is 60.1 Å². The molecule has 3 rings (SSSR count). The van der Waals surface area contributed by atoms with Gasteiger partial charge >= 0.3 is 5.97 Å². The summed E-state index contributed by atoms with van der Waals surface area (Å²) in [5.74, 6) is -0.0676. The summed E-state index contributed by atoms with van der Waals surface area (Å²) in [6.07, 6.45) is 2.81.